The summed E-state index contributed by atoms with van der Waals surface area (Å²) < 4.78 is 2.01. The number of imidazole rings is 1. The zero-order valence-electron chi connectivity index (χ0n) is 11.5. The lowest BCUT2D eigenvalue weighted by molar-refractivity contribution is 0.648. The predicted molar refractivity (Wildman–Crippen MR) is 82.9 cm³/mol. The Morgan fingerprint density at radius 3 is 2.74 bits per heavy atom. The van der Waals surface area contributed by atoms with Crippen LogP contribution in [0.15, 0.2) is 43.0 Å². The molecule has 3 nitrogen and oxygen atoms in total. The first-order chi connectivity index (χ1) is 9.29. The summed E-state index contributed by atoms with van der Waals surface area (Å²) >= 11 is 1.92. The van der Waals surface area contributed by atoms with Crippen molar-refractivity contribution in [2.45, 2.75) is 25.1 Å². The van der Waals surface area contributed by atoms with E-state index in [2.05, 4.69) is 47.7 Å². The van der Waals surface area contributed by atoms with E-state index in [1.165, 1.54) is 12.0 Å². The molecule has 2 aromatic rings. The molecular formula is C15H21N3S. The second-order valence-electron chi connectivity index (χ2n) is 4.65. The summed E-state index contributed by atoms with van der Waals surface area (Å²) in [4.78, 5) is 4.05. The molecule has 19 heavy (non-hydrogen) atoms. The molecule has 0 aliphatic carbocycles. The summed E-state index contributed by atoms with van der Waals surface area (Å²) in [6.45, 7) is 4.28. The van der Waals surface area contributed by atoms with E-state index in [0.717, 1.165) is 24.0 Å². The van der Waals surface area contributed by atoms with Gasteiger partial charge in [0, 0.05) is 29.9 Å². The molecule has 0 spiro atoms. The average molecular weight is 275 g/mol. The van der Waals surface area contributed by atoms with Gasteiger partial charge in [-0.2, -0.15) is 11.8 Å². The summed E-state index contributed by atoms with van der Waals surface area (Å²) in [5.41, 5.74) is 2.47. The van der Waals surface area contributed by atoms with Crippen molar-refractivity contribution in [3.8, 4) is 5.69 Å². The van der Waals surface area contributed by atoms with Crippen LogP contribution in [0.25, 0.3) is 5.69 Å². The fourth-order valence-corrected chi connectivity index (χ4v) is 2.21. The molecule has 0 amide bonds. The molecular weight excluding hydrogens is 254 g/mol. The molecule has 0 aliphatic rings. The van der Waals surface area contributed by atoms with E-state index in [1.54, 1.807) is 6.20 Å². The van der Waals surface area contributed by atoms with Gasteiger partial charge in [-0.3, -0.25) is 0 Å². The fourth-order valence-electron chi connectivity index (χ4n) is 1.85. The van der Waals surface area contributed by atoms with Crippen molar-refractivity contribution in [1.29, 1.82) is 0 Å². The lowest BCUT2D eigenvalue weighted by atomic mass is 10.2. The van der Waals surface area contributed by atoms with E-state index in [0.29, 0.717) is 0 Å². The second kappa shape index (κ2) is 7.36. The number of benzene rings is 1. The van der Waals surface area contributed by atoms with Crippen LogP contribution in [0.5, 0.6) is 0 Å². The van der Waals surface area contributed by atoms with Crippen LogP contribution in [0, 0.1) is 0 Å². The number of nitrogens with zero attached hydrogens (tertiary/aromatic N) is 2. The first-order valence-electron chi connectivity index (χ1n) is 6.60. The maximum absolute atomic E-state index is 4.05. The van der Waals surface area contributed by atoms with Gasteiger partial charge in [-0.05, 0) is 36.9 Å². The normalized spacial score (nSPS) is 12.5. The molecule has 1 atom stereocenters. The standard InChI is InChI=1S/C15H21N3S/c1-13(19-2)7-8-16-11-14-3-5-15(6-4-14)18-10-9-17-12-18/h3-6,9-10,12-13,16H,7-8,11H2,1-2H3. The van der Waals surface area contributed by atoms with E-state index in [4.69, 9.17) is 0 Å². The Morgan fingerprint density at radius 1 is 1.32 bits per heavy atom. The maximum Gasteiger partial charge on any atom is 0.0991 e. The SMILES string of the molecule is CSC(C)CCNCc1ccc(-n2ccnc2)cc1. The summed E-state index contributed by atoms with van der Waals surface area (Å²) in [5, 5.41) is 4.22. The molecule has 1 aromatic carbocycles. The third kappa shape index (κ3) is 4.40. The predicted octanol–water partition coefficient (Wildman–Crippen LogP) is 3.10. The highest BCUT2D eigenvalue weighted by Gasteiger charge is 1.99. The molecule has 1 N–H and O–H groups in total. The van der Waals surface area contributed by atoms with Crippen molar-refractivity contribution in [1.82, 2.24) is 14.9 Å². The Hall–Kier alpha value is -1.26. The van der Waals surface area contributed by atoms with Crippen LogP contribution in [-0.4, -0.2) is 27.6 Å². The lowest BCUT2D eigenvalue weighted by Crippen LogP contribution is -2.17. The Kier molecular flexibility index (Phi) is 5.48. The van der Waals surface area contributed by atoms with Gasteiger partial charge in [0.2, 0.25) is 0 Å². The van der Waals surface area contributed by atoms with Crippen molar-refractivity contribution < 1.29 is 0 Å². The van der Waals surface area contributed by atoms with Gasteiger partial charge in [-0.1, -0.05) is 19.1 Å². The Labute approximate surface area is 119 Å². The van der Waals surface area contributed by atoms with Gasteiger partial charge in [0.1, 0.15) is 0 Å². The summed E-state index contributed by atoms with van der Waals surface area (Å²) in [6, 6.07) is 8.59. The van der Waals surface area contributed by atoms with E-state index >= 15 is 0 Å². The highest BCUT2D eigenvalue weighted by atomic mass is 32.2. The first-order valence-corrected chi connectivity index (χ1v) is 7.89. The lowest BCUT2D eigenvalue weighted by Gasteiger charge is -2.09. The molecule has 1 heterocycles. The van der Waals surface area contributed by atoms with Crippen LogP contribution < -0.4 is 5.32 Å². The van der Waals surface area contributed by atoms with Crippen LogP contribution in [0.2, 0.25) is 0 Å². The molecule has 0 bridgehead atoms. The number of rotatable bonds is 7. The van der Waals surface area contributed by atoms with E-state index in [9.17, 15) is 0 Å². The van der Waals surface area contributed by atoms with Gasteiger partial charge < -0.3 is 9.88 Å². The van der Waals surface area contributed by atoms with Crippen LogP contribution >= 0.6 is 11.8 Å². The third-order valence-electron chi connectivity index (χ3n) is 3.20. The average Bonchev–Trinajstić information content (AvgIpc) is 2.98. The molecule has 0 aliphatic heterocycles. The molecule has 102 valence electrons. The molecule has 1 unspecified atom stereocenters. The highest BCUT2D eigenvalue weighted by Crippen LogP contribution is 2.10. The van der Waals surface area contributed by atoms with Crippen molar-refractivity contribution >= 4 is 11.8 Å². The zero-order valence-corrected chi connectivity index (χ0v) is 12.4. The van der Waals surface area contributed by atoms with Crippen molar-refractivity contribution in [2.24, 2.45) is 0 Å². The number of aromatic nitrogens is 2. The Balaban J connectivity index is 1.79. The minimum atomic E-state index is 0.733. The summed E-state index contributed by atoms with van der Waals surface area (Å²) in [5.74, 6) is 0. The highest BCUT2D eigenvalue weighted by molar-refractivity contribution is 7.99. The van der Waals surface area contributed by atoms with Gasteiger partial charge in [0.05, 0.1) is 6.33 Å². The van der Waals surface area contributed by atoms with Gasteiger partial charge in [0.15, 0.2) is 0 Å². The van der Waals surface area contributed by atoms with Crippen LogP contribution in [0.3, 0.4) is 0 Å². The summed E-state index contributed by atoms with van der Waals surface area (Å²) in [6.07, 6.45) is 8.95. The smallest absolute Gasteiger partial charge is 0.0991 e. The molecule has 1 aromatic heterocycles. The number of hydrogen-bond donors (Lipinski definition) is 1. The number of thioether (sulfide) groups is 1. The molecule has 4 heteroatoms. The molecule has 0 radical (unpaired) electrons. The summed E-state index contributed by atoms with van der Waals surface area (Å²) in [7, 11) is 0. The van der Waals surface area contributed by atoms with Crippen molar-refractivity contribution in [3.05, 3.63) is 48.5 Å². The maximum atomic E-state index is 4.05. The van der Waals surface area contributed by atoms with Crippen LogP contribution in [-0.2, 0) is 6.54 Å². The van der Waals surface area contributed by atoms with Gasteiger partial charge in [-0.15, -0.1) is 0 Å². The van der Waals surface area contributed by atoms with E-state index in [1.807, 2.05) is 28.9 Å². The van der Waals surface area contributed by atoms with Crippen LogP contribution in [0.1, 0.15) is 18.9 Å². The van der Waals surface area contributed by atoms with Gasteiger partial charge in [-0.25, -0.2) is 4.98 Å². The largest absolute Gasteiger partial charge is 0.313 e. The number of nitrogens with one attached hydrogen (secondary N) is 1. The first kappa shape index (κ1) is 14.2. The van der Waals surface area contributed by atoms with E-state index < -0.39 is 0 Å². The molecule has 0 fully saturated rings. The molecule has 0 saturated heterocycles. The third-order valence-corrected chi connectivity index (χ3v) is 4.24. The second-order valence-corrected chi connectivity index (χ2v) is 5.92. The van der Waals surface area contributed by atoms with Gasteiger partial charge >= 0.3 is 0 Å². The fraction of sp³-hybridized carbons (Fsp3) is 0.400. The van der Waals surface area contributed by atoms with Crippen LogP contribution in [0.4, 0.5) is 0 Å². The molecule has 2 rings (SSSR count). The number of hydrogen-bond acceptors (Lipinski definition) is 3. The topological polar surface area (TPSA) is 29.9 Å². The Bertz CT molecular complexity index is 465. The minimum Gasteiger partial charge on any atom is -0.313 e. The molecule has 0 saturated carbocycles. The quantitative estimate of drug-likeness (QED) is 0.788. The Morgan fingerprint density at radius 2 is 2.11 bits per heavy atom. The monoisotopic (exact) mass is 275 g/mol. The zero-order chi connectivity index (χ0) is 13.5. The van der Waals surface area contributed by atoms with Gasteiger partial charge in [0.25, 0.3) is 0 Å². The minimum absolute atomic E-state index is 0.733. The van der Waals surface area contributed by atoms with E-state index in [-0.39, 0.29) is 0 Å². The van der Waals surface area contributed by atoms with Crippen molar-refractivity contribution in [2.75, 3.05) is 12.8 Å². The van der Waals surface area contributed by atoms with Crippen molar-refractivity contribution in [3.63, 3.8) is 0 Å².